The van der Waals surface area contributed by atoms with E-state index in [1.165, 1.54) is 6.42 Å². The Morgan fingerprint density at radius 3 is 2.44 bits per heavy atom. The molecule has 88 valence electrons. The van der Waals surface area contributed by atoms with Crippen molar-refractivity contribution >= 4 is 0 Å². The summed E-state index contributed by atoms with van der Waals surface area (Å²) in [5.74, 6) is 1.08. The van der Waals surface area contributed by atoms with Gasteiger partial charge in [-0.2, -0.15) is 0 Å². The molecule has 1 fully saturated rings. The van der Waals surface area contributed by atoms with Crippen LogP contribution in [0.1, 0.15) is 31.9 Å². The van der Waals surface area contributed by atoms with E-state index in [9.17, 15) is 10.2 Å². The van der Waals surface area contributed by atoms with Crippen molar-refractivity contribution in [2.45, 2.75) is 26.3 Å². The maximum Gasteiger partial charge on any atom is 0.124 e. The Kier molecular flexibility index (Phi) is 3.06. The van der Waals surface area contributed by atoms with Crippen LogP contribution in [0.2, 0.25) is 0 Å². The Bertz CT molecular complexity index is 358. The Balaban J connectivity index is 2.23. The molecule has 1 aliphatic rings. The first-order valence-electron chi connectivity index (χ1n) is 5.84. The first-order chi connectivity index (χ1) is 7.59. The predicted molar refractivity (Wildman–Crippen MR) is 63.5 cm³/mol. The normalized spacial score (nSPS) is 23.5. The van der Waals surface area contributed by atoms with Crippen molar-refractivity contribution in [2.75, 3.05) is 13.1 Å². The van der Waals surface area contributed by atoms with Gasteiger partial charge in [0, 0.05) is 12.6 Å². The lowest BCUT2D eigenvalue weighted by atomic mass is 10.0. The fourth-order valence-corrected chi connectivity index (χ4v) is 2.47. The molecule has 1 heterocycles. The quantitative estimate of drug-likeness (QED) is 0.806. The molecule has 1 aromatic carbocycles. The van der Waals surface area contributed by atoms with Gasteiger partial charge in [0.25, 0.3) is 0 Å². The molecule has 1 aromatic rings. The minimum Gasteiger partial charge on any atom is -0.507 e. The number of likely N-dealkylation sites (tertiary alicyclic amines) is 1. The van der Waals surface area contributed by atoms with Gasteiger partial charge in [-0.1, -0.05) is 13.0 Å². The largest absolute Gasteiger partial charge is 0.507 e. The van der Waals surface area contributed by atoms with Crippen LogP contribution in [0.15, 0.2) is 18.2 Å². The van der Waals surface area contributed by atoms with Crippen molar-refractivity contribution < 1.29 is 10.2 Å². The van der Waals surface area contributed by atoms with Crippen molar-refractivity contribution in [3.8, 4) is 11.5 Å². The van der Waals surface area contributed by atoms with Crippen LogP contribution in [-0.4, -0.2) is 28.2 Å². The third kappa shape index (κ3) is 2.00. The van der Waals surface area contributed by atoms with Crippen LogP contribution in [0, 0.1) is 5.92 Å². The molecular weight excluding hydrogens is 202 g/mol. The topological polar surface area (TPSA) is 43.7 Å². The van der Waals surface area contributed by atoms with Crippen LogP contribution < -0.4 is 0 Å². The van der Waals surface area contributed by atoms with Crippen molar-refractivity contribution in [3.63, 3.8) is 0 Å². The second kappa shape index (κ2) is 4.34. The van der Waals surface area contributed by atoms with Gasteiger partial charge in [-0.25, -0.2) is 0 Å². The van der Waals surface area contributed by atoms with E-state index in [1.54, 1.807) is 18.2 Å². The molecular formula is C13H19NO2. The summed E-state index contributed by atoms with van der Waals surface area (Å²) in [5, 5.41) is 19.6. The number of hydrogen-bond acceptors (Lipinski definition) is 3. The molecule has 0 aromatic heterocycles. The van der Waals surface area contributed by atoms with E-state index in [1.807, 2.05) is 6.92 Å². The van der Waals surface area contributed by atoms with Crippen molar-refractivity contribution in [1.82, 2.24) is 4.90 Å². The van der Waals surface area contributed by atoms with Crippen LogP contribution in [0.25, 0.3) is 0 Å². The van der Waals surface area contributed by atoms with Crippen LogP contribution in [0.3, 0.4) is 0 Å². The summed E-state index contributed by atoms with van der Waals surface area (Å²) in [4.78, 5) is 2.31. The van der Waals surface area contributed by atoms with Crippen LogP contribution >= 0.6 is 0 Å². The number of aromatic hydroxyl groups is 2. The Morgan fingerprint density at radius 2 is 1.94 bits per heavy atom. The number of phenolic OH excluding ortho intramolecular Hbond substituents is 2. The molecule has 2 N–H and O–H groups in total. The van der Waals surface area contributed by atoms with Gasteiger partial charge in [0.05, 0.1) is 5.56 Å². The number of rotatable bonds is 2. The maximum absolute atomic E-state index is 9.80. The molecule has 3 nitrogen and oxygen atoms in total. The highest BCUT2D eigenvalue weighted by atomic mass is 16.3. The minimum atomic E-state index is 0.0751. The monoisotopic (exact) mass is 221 g/mol. The first kappa shape index (κ1) is 11.3. The number of nitrogens with zero attached hydrogens (tertiary/aromatic N) is 1. The maximum atomic E-state index is 9.80. The second-order valence-corrected chi connectivity index (χ2v) is 4.77. The van der Waals surface area contributed by atoms with E-state index in [0.29, 0.717) is 11.5 Å². The smallest absolute Gasteiger partial charge is 0.124 e. The molecule has 0 radical (unpaired) electrons. The van der Waals surface area contributed by atoms with E-state index in [4.69, 9.17) is 0 Å². The van der Waals surface area contributed by atoms with Gasteiger partial charge < -0.3 is 10.2 Å². The Labute approximate surface area is 96.3 Å². The summed E-state index contributed by atoms with van der Waals surface area (Å²) in [5.41, 5.74) is 0.650. The van der Waals surface area contributed by atoms with Gasteiger partial charge in [0.15, 0.2) is 0 Å². The average molecular weight is 221 g/mol. The third-order valence-electron chi connectivity index (χ3n) is 3.48. The molecule has 3 heteroatoms. The second-order valence-electron chi connectivity index (χ2n) is 4.77. The lowest BCUT2D eigenvalue weighted by molar-refractivity contribution is 0.244. The van der Waals surface area contributed by atoms with E-state index in [0.717, 1.165) is 13.1 Å². The summed E-state index contributed by atoms with van der Waals surface area (Å²) in [6, 6.07) is 5.00. The summed E-state index contributed by atoms with van der Waals surface area (Å²) < 4.78 is 0. The molecule has 0 aliphatic carbocycles. The van der Waals surface area contributed by atoms with Gasteiger partial charge in [-0.15, -0.1) is 0 Å². The highest BCUT2D eigenvalue weighted by molar-refractivity contribution is 5.45. The molecule has 0 saturated carbocycles. The average Bonchev–Trinajstić information content (AvgIpc) is 2.64. The molecule has 2 atom stereocenters. The van der Waals surface area contributed by atoms with E-state index >= 15 is 0 Å². The van der Waals surface area contributed by atoms with Gasteiger partial charge in [0.1, 0.15) is 11.5 Å². The third-order valence-corrected chi connectivity index (χ3v) is 3.48. The molecule has 2 rings (SSSR count). The summed E-state index contributed by atoms with van der Waals surface area (Å²) in [6.07, 6.45) is 1.19. The van der Waals surface area contributed by atoms with Gasteiger partial charge >= 0.3 is 0 Å². The highest BCUT2D eigenvalue weighted by Crippen LogP contribution is 2.37. The summed E-state index contributed by atoms with van der Waals surface area (Å²) in [7, 11) is 0. The first-order valence-corrected chi connectivity index (χ1v) is 5.84. The van der Waals surface area contributed by atoms with Crippen LogP contribution in [-0.2, 0) is 0 Å². The van der Waals surface area contributed by atoms with Gasteiger partial charge in [-0.3, -0.25) is 4.90 Å². The molecule has 2 unspecified atom stereocenters. The van der Waals surface area contributed by atoms with Crippen molar-refractivity contribution in [3.05, 3.63) is 23.8 Å². The molecule has 16 heavy (non-hydrogen) atoms. The van der Waals surface area contributed by atoms with Crippen molar-refractivity contribution in [1.29, 1.82) is 0 Å². The fourth-order valence-electron chi connectivity index (χ4n) is 2.47. The number of hydrogen-bond donors (Lipinski definition) is 2. The van der Waals surface area contributed by atoms with Crippen LogP contribution in [0.5, 0.6) is 11.5 Å². The van der Waals surface area contributed by atoms with Gasteiger partial charge in [-0.05, 0) is 37.9 Å². The molecule has 0 amide bonds. The van der Waals surface area contributed by atoms with Gasteiger partial charge in [0.2, 0.25) is 0 Å². The lowest BCUT2D eigenvalue weighted by Gasteiger charge is -2.25. The van der Waals surface area contributed by atoms with E-state index in [-0.39, 0.29) is 17.5 Å². The van der Waals surface area contributed by atoms with Crippen LogP contribution in [0.4, 0.5) is 0 Å². The lowest BCUT2D eigenvalue weighted by Crippen LogP contribution is -2.24. The highest BCUT2D eigenvalue weighted by Gasteiger charge is 2.27. The number of benzene rings is 1. The zero-order chi connectivity index (χ0) is 11.7. The van der Waals surface area contributed by atoms with E-state index in [2.05, 4.69) is 11.8 Å². The fraction of sp³-hybridized carbons (Fsp3) is 0.538. The summed E-state index contributed by atoms with van der Waals surface area (Å²) >= 11 is 0. The summed E-state index contributed by atoms with van der Waals surface area (Å²) in [6.45, 7) is 6.34. The molecule has 0 bridgehead atoms. The molecule has 1 aliphatic heterocycles. The Hall–Kier alpha value is -1.22. The minimum absolute atomic E-state index is 0.0751. The molecule has 0 spiro atoms. The molecule has 1 saturated heterocycles. The SMILES string of the molecule is CC1CCN(C(C)c2c(O)cccc2O)C1. The van der Waals surface area contributed by atoms with Crippen molar-refractivity contribution in [2.24, 2.45) is 5.92 Å². The Morgan fingerprint density at radius 1 is 1.31 bits per heavy atom. The standard InChI is InChI=1S/C13H19NO2/c1-9-6-7-14(8-9)10(2)13-11(15)4-3-5-12(13)16/h3-5,9-10,15-16H,6-8H2,1-2H3. The predicted octanol–water partition coefficient (Wildman–Crippen LogP) is 2.50. The number of phenols is 2. The zero-order valence-corrected chi connectivity index (χ0v) is 9.85. The van der Waals surface area contributed by atoms with E-state index < -0.39 is 0 Å². The zero-order valence-electron chi connectivity index (χ0n) is 9.85.